The van der Waals surface area contributed by atoms with E-state index in [1.54, 1.807) is 0 Å². The van der Waals surface area contributed by atoms with Crippen LogP contribution in [0.25, 0.3) is 10.9 Å². The maximum atomic E-state index is 9.33. The molecule has 34 heavy (non-hydrogen) atoms. The van der Waals surface area contributed by atoms with E-state index in [1.165, 1.54) is 0 Å². The molecule has 0 atom stereocenters. The molecule has 1 heterocycles. The van der Waals surface area contributed by atoms with E-state index in [0.29, 0.717) is 5.69 Å². The molecule has 5 aromatic rings. The maximum Gasteiger partial charge on any atom is 0.0853 e. The highest BCUT2D eigenvalue weighted by Gasteiger charge is 2.11. The lowest BCUT2D eigenvalue weighted by Gasteiger charge is -2.25. The molecule has 4 aromatic carbocycles. The minimum atomic E-state index is -0.0775. The molecule has 5 rings (SSSR count). The van der Waals surface area contributed by atoms with Gasteiger partial charge in [-0.3, -0.25) is 0 Å². The molecule has 164 valence electrons. The fourth-order valence-corrected chi connectivity index (χ4v) is 4.40. The first-order valence-electron chi connectivity index (χ1n) is 10.9. The molecule has 1 N–H and O–H groups in total. The van der Waals surface area contributed by atoms with E-state index >= 15 is 0 Å². The predicted molar refractivity (Wildman–Crippen MR) is 142 cm³/mol. The van der Waals surface area contributed by atoms with E-state index in [4.69, 9.17) is 0 Å². The molecule has 0 saturated carbocycles. The Bertz CT molecular complexity index is 1450. The van der Waals surface area contributed by atoms with E-state index in [1.807, 2.05) is 72.8 Å². The fraction of sp³-hybridized carbons (Fsp3) is 0.0333. The van der Waals surface area contributed by atoms with Crippen molar-refractivity contribution in [3.05, 3.63) is 130 Å². The SMILES string of the molecule is OCc1ccc2cc(C#Cc3ccc(N(c4ccccc4)c4ccccc4)cc3)cc(Br)c2n1. The summed E-state index contributed by atoms with van der Waals surface area (Å²) in [7, 11) is 0. The lowest BCUT2D eigenvalue weighted by Crippen LogP contribution is -2.09. The van der Waals surface area contributed by atoms with Crippen LogP contribution in [0.15, 0.2) is 114 Å². The fourth-order valence-electron chi connectivity index (χ4n) is 3.83. The number of para-hydroxylation sites is 2. The number of nitrogens with zero attached hydrogens (tertiary/aromatic N) is 2. The van der Waals surface area contributed by atoms with Gasteiger partial charge in [-0.2, -0.15) is 0 Å². The minimum Gasteiger partial charge on any atom is -0.390 e. The number of rotatable bonds is 4. The quantitative estimate of drug-likeness (QED) is 0.259. The topological polar surface area (TPSA) is 36.4 Å². The van der Waals surface area contributed by atoms with Gasteiger partial charge in [0.15, 0.2) is 0 Å². The van der Waals surface area contributed by atoms with Crippen molar-refractivity contribution in [1.82, 2.24) is 4.98 Å². The summed E-state index contributed by atoms with van der Waals surface area (Å²) in [6.07, 6.45) is 0. The average Bonchev–Trinajstić information content (AvgIpc) is 2.89. The smallest absolute Gasteiger partial charge is 0.0853 e. The zero-order valence-electron chi connectivity index (χ0n) is 18.3. The summed E-state index contributed by atoms with van der Waals surface area (Å²) in [4.78, 5) is 6.71. The largest absolute Gasteiger partial charge is 0.390 e. The number of fused-ring (bicyclic) bond motifs is 1. The Hall–Kier alpha value is -3.91. The number of hydrogen-bond donors (Lipinski definition) is 1. The zero-order valence-corrected chi connectivity index (χ0v) is 19.9. The van der Waals surface area contributed by atoms with E-state index in [0.717, 1.165) is 43.6 Å². The second-order valence-corrected chi connectivity index (χ2v) is 8.65. The number of aliphatic hydroxyl groups is 1. The van der Waals surface area contributed by atoms with Crippen LogP contribution in [0.2, 0.25) is 0 Å². The second kappa shape index (κ2) is 9.93. The summed E-state index contributed by atoms with van der Waals surface area (Å²) < 4.78 is 0.862. The number of anilines is 3. The molecule has 0 spiro atoms. The first-order valence-corrected chi connectivity index (χ1v) is 11.7. The highest BCUT2D eigenvalue weighted by molar-refractivity contribution is 9.10. The molecule has 3 nitrogen and oxygen atoms in total. The van der Waals surface area contributed by atoms with Crippen LogP contribution in [0, 0.1) is 11.8 Å². The second-order valence-electron chi connectivity index (χ2n) is 7.79. The molecule has 0 saturated heterocycles. The van der Waals surface area contributed by atoms with Crippen molar-refractivity contribution in [1.29, 1.82) is 0 Å². The molecule has 0 bridgehead atoms. The van der Waals surface area contributed by atoms with Gasteiger partial charge in [-0.15, -0.1) is 0 Å². The first kappa shape index (κ1) is 21.9. The van der Waals surface area contributed by atoms with Gasteiger partial charge in [-0.05, 0) is 82.7 Å². The Morgan fingerprint density at radius 2 is 1.26 bits per heavy atom. The highest BCUT2D eigenvalue weighted by Crippen LogP contribution is 2.34. The van der Waals surface area contributed by atoms with Crippen LogP contribution in [0.4, 0.5) is 17.1 Å². The van der Waals surface area contributed by atoms with Crippen LogP contribution in [0.5, 0.6) is 0 Å². The van der Waals surface area contributed by atoms with Gasteiger partial charge in [-0.1, -0.05) is 54.3 Å². The Kier molecular flexibility index (Phi) is 6.40. The Labute approximate surface area is 207 Å². The van der Waals surface area contributed by atoms with Gasteiger partial charge in [0.05, 0.1) is 17.8 Å². The molecule has 0 fully saturated rings. The standard InChI is InChI=1S/C30H21BrN2O/c31-29-20-23(19-24-15-16-25(21-34)32-30(24)29)12-11-22-13-17-28(18-14-22)33(26-7-3-1-4-8-26)27-9-5-2-6-10-27/h1-10,13-20,34H,21H2. The van der Waals surface area contributed by atoms with Crippen LogP contribution >= 0.6 is 15.9 Å². The van der Waals surface area contributed by atoms with Crippen LogP contribution < -0.4 is 4.90 Å². The number of pyridine rings is 1. The molecule has 0 aliphatic heterocycles. The number of aromatic nitrogens is 1. The van der Waals surface area contributed by atoms with Crippen LogP contribution in [-0.4, -0.2) is 10.1 Å². The van der Waals surface area contributed by atoms with E-state index in [9.17, 15) is 5.11 Å². The van der Waals surface area contributed by atoms with Crippen molar-refractivity contribution in [2.45, 2.75) is 6.61 Å². The third-order valence-corrected chi connectivity index (χ3v) is 6.08. The third-order valence-electron chi connectivity index (χ3n) is 5.47. The van der Waals surface area contributed by atoms with Gasteiger partial charge >= 0.3 is 0 Å². The lowest BCUT2D eigenvalue weighted by molar-refractivity contribution is 0.277. The normalized spacial score (nSPS) is 10.5. The van der Waals surface area contributed by atoms with Gasteiger partial charge in [0.25, 0.3) is 0 Å². The molecule has 0 amide bonds. The van der Waals surface area contributed by atoms with Gasteiger partial charge in [0, 0.05) is 38.0 Å². The number of halogens is 1. The summed E-state index contributed by atoms with van der Waals surface area (Å²) in [5, 5.41) is 10.3. The Morgan fingerprint density at radius 3 is 1.88 bits per heavy atom. The molecule has 1 aromatic heterocycles. The van der Waals surface area contributed by atoms with Gasteiger partial charge in [0.2, 0.25) is 0 Å². The van der Waals surface area contributed by atoms with Crippen molar-refractivity contribution in [3.63, 3.8) is 0 Å². The van der Waals surface area contributed by atoms with Crippen LogP contribution in [-0.2, 0) is 6.61 Å². The third kappa shape index (κ3) is 4.72. The molecule has 0 aliphatic rings. The summed E-state index contributed by atoms with van der Waals surface area (Å²) in [5.74, 6) is 6.54. The number of benzene rings is 4. The molecule has 0 aliphatic carbocycles. The van der Waals surface area contributed by atoms with Gasteiger partial charge < -0.3 is 10.0 Å². The van der Waals surface area contributed by atoms with Gasteiger partial charge in [-0.25, -0.2) is 4.98 Å². The highest BCUT2D eigenvalue weighted by atomic mass is 79.9. The molecular formula is C30H21BrN2O. The Morgan fingerprint density at radius 1 is 0.676 bits per heavy atom. The Balaban J connectivity index is 1.45. The van der Waals surface area contributed by atoms with E-state index in [2.05, 4.69) is 74.1 Å². The lowest BCUT2D eigenvalue weighted by atomic mass is 10.1. The first-order chi connectivity index (χ1) is 16.7. The maximum absolute atomic E-state index is 9.33. The molecule has 4 heteroatoms. The minimum absolute atomic E-state index is 0.0775. The summed E-state index contributed by atoms with van der Waals surface area (Å²) in [6.45, 7) is -0.0775. The number of hydrogen-bond acceptors (Lipinski definition) is 3. The summed E-state index contributed by atoms with van der Waals surface area (Å²) >= 11 is 3.59. The van der Waals surface area contributed by atoms with Crippen molar-refractivity contribution in [2.24, 2.45) is 0 Å². The van der Waals surface area contributed by atoms with Crippen molar-refractivity contribution >= 4 is 43.9 Å². The number of aliphatic hydroxyl groups excluding tert-OH is 1. The molecule has 0 radical (unpaired) electrons. The average molecular weight is 505 g/mol. The molecule has 0 unspecified atom stereocenters. The van der Waals surface area contributed by atoms with Crippen LogP contribution in [0.1, 0.15) is 16.8 Å². The van der Waals surface area contributed by atoms with Crippen molar-refractivity contribution in [2.75, 3.05) is 4.90 Å². The summed E-state index contributed by atoms with van der Waals surface area (Å²) in [6, 6.07) is 36.7. The predicted octanol–water partition coefficient (Wildman–Crippen LogP) is 7.36. The van der Waals surface area contributed by atoms with Crippen LogP contribution in [0.3, 0.4) is 0 Å². The van der Waals surface area contributed by atoms with Crippen molar-refractivity contribution < 1.29 is 5.11 Å². The van der Waals surface area contributed by atoms with E-state index in [-0.39, 0.29) is 6.61 Å². The monoisotopic (exact) mass is 504 g/mol. The van der Waals surface area contributed by atoms with E-state index < -0.39 is 0 Å². The zero-order chi connectivity index (χ0) is 23.3. The van der Waals surface area contributed by atoms with Crippen molar-refractivity contribution in [3.8, 4) is 11.8 Å². The van der Waals surface area contributed by atoms with Gasteiger partial charge in [0.1, 0.15) is 0 Å². The summed E-state index contributed by atoms with van der Waals surface area (Å²) in [5.41, 5.74) is 6.59. The molecular weight excluding hydrogens is 484 g/mol.